The van der Waals surface area contributed by atoms with Crippen LogP contribution in [0.15, 0.2) is 63.9 Å². The van der Waals surface area contributed by atoms with Gasteiger partial charge in [0.2, 0.25) is 5.91 Å². The molecule has 9 heteroatoms. The van der Waals surface area contributed by atoms with Gasteiger partial charge >= 0.3 is 5.97 Å². The predicted octanol–water partition coefficient (Wildman–Crippen LogP) is 6.46. The number of ether oxygens (including phenoxy) is 1. The summed E-state index contributed by atoms with van der Waals surface area (Å²) in [6, 6.07) is 14.9. The summed E-state index contributed by atoms with van der Waals surface area (Å²) >= 11 is 2.55. The molecular weight excluding hydrogens is 506 g/mol. The molecule has 0 aliphatic carbocycles. The molecule has 1 amide bonds. The smallest absolute Gasteiger partial charge is 0.338 e. The number of unbranched alkanes of at least 4 members (excludes halogenated alkanes) is 1. The van der Waals surface area contributed by atoms with Gasteiger partial charge in [-0.1, -0.05) is 69.3 Å². The lowest BCUT2D eigenvalue weighted by Crippen LogP contribution is -2.16. The van der Waals surface area contributed by atoms with Gasteiger partial charge in [-0.15, -0.1) is 11.3 Å². The van der Waals surface area contributed by atoms with E-state index < -0.39 is 5.97 Å². The number of H-pyrrole nitrogens is 1. The highest BCUT2D eigenvalue weighted by atomic mass is 32.2. The first kappa shape index (κ1) is 26.6. The Hall–Kier alpha value is -3.43. The monoisotopic (exact) mass is 535 g/mol. The number of aromatic amines is 1. The maximum Gasteiger partial charge on any atom is 0.338 e. The van der Waals surface area contributed by atoms with Crippen molar-refractivity contribution >= 4 is 50.9 Å². The number of fused-ring (bicyclic) bond motifs is 1. The third kappa shape index (κ3) is 6.67. The zero-order valence-electron chi connectivity index (χ0n) is 21.0. The Morgan fingerprint density at radius 3 is 2.68 bits per heavy atom. The Bertz CT molecular complexity index is 1460. The van der Waals surface area contributed by atoms with Gasteiger partial charge in [-0.2, -0.15) is 0 Å². The molecule has 0 radical (unpaired) electrons. The van der Waals surface area contributed by atoms with Crippen LogP contribution in [0.25, 0.3) is 21.3 Å². The second kappa shape index (κ2) is 12.2. The minimum atomic E-state index is -0.416. The summed E-state index contributed by atoms with van der Waals surface area (Å²) in [5.41, 5.74) is 3.71. The fraction of sp³-hybridized carbons (Fsp3) is 0.286. The molecule has 2 aromatic carbocycles. The number of aromatic nitrogens is 2. The molecule has 2 heterocycles. The SMILES string of the molecule is CCCCOC(=O)c1cccc(NC(=O)CSc2nc3scc(-c4ccc(C(C)C)cc4)c3c(=O)[nH]2)c1. The van der Waals surface area contributed by atoms with E-state index in [0.29, 0.717) is 39.1 Å². The van der Waals surface area contributed by atoms with Gasteiger partial charge in [-0.3, -0.25) is 9.59 Å². The van der Waals surface area contributed by atoms with Crippen molar-refractivity contribution in [1.82, 2.24) is 9.97 Å². The van der Waals surface area contributed by atoms with E-state index in [9.17, 15) is 14.4 Å². The van der Waals surface area contributed by atoms with Gasteiger partial charge in [-0.25, -0.2) is 9.78 Å². The van der Waals surface area contributed by atoms with E-state index >= 15 is 0 Å². The molecule has 0 aliphatic heterocycles. The lowest BCUT2D eigenvalue weighted by Gasteiger charge is -2.08. The number of hydrogen-bond donors (Lipinski definition) is 2. The molecular formula is C28H29N3O4S2. The lowest BCUT2D eigenvalue weighted by molar-refractivity contribution is -0.113. The number of benzene rings is 2. The van der Waals surface area contributed by atoms with Gasteiger partial charge in [0, 0.05) is 16.6 Å². The van der Waals surface area contributed by atoms with E-state index in [2.05, 4.69) is 41.3 Å². The molecule has 0 unspecified atom stereocenters. The molecule has 4 rings (SSSR count). The minimum absolute atomic E-state index is 0.0501. The average Bonchev–Trinajstić information content (AvgIpc) is 3.32. The summed E-state index contributed by atoms with van der Waals surface area (Å²) in [7, 11) is 0. The lowest BCUT2D eigenvalue weighted by atomic mass is 9.99. The summed E-state index contributed by atoms with van der Waals surface area (Å²) < 4.78 is 5.23. The van der Waals surface area contributed by atoms with Crippen molar-refractivity contribution in [2.75, 3.05) is 17.7 Å². The van der Waals surface area contributed by atoms with Crippen LogP contribution in [-0.2, 0) is 9.53 Å². The average molecular weight is 536 g/mol. The Labute approximate surface area is 223 Å². The Kier molecular flexibility index (Phi) is 8.78. The van der Waals surface area contributed by atoms with E-state index in [1.54, 1.807) is 24.3 Å². The molecule has 2 N–H and O–H groups in total. The number of carbonyl (C=O) groups is 2. The van der Waals surface area contributed by atoms with Crippen molar-refractivity contribution in [2.45, 2.75) is 44.7 Å². The summed E-state index contributed by atoms with van der Waals surface area (Å²) in [4.78, 5) is 45.6. The summed E-state index contributed by atoms with van der Waals surface area (Å²) in [5, 5.41) is 5.66. The Balaban J connectivity index is 1.41. The number of rotatable bonds is 10. The van der Waals surface area contributed by atoms with Crippen LogP contribution in [0.5, 0.6) is 0 Å². The molecule has 0 bridgehead atoms. The zero-order valence-corrected chi connectivity index (χ0v) is 22.6. The standard InChI is InChI=1S/C28H29N3O4S2/c1-4-5-13-35-27(34)20-7-6-8-21(14-20)29-23(32)16-37-28-30-25(33)24-22(15-36-26(24)31-28)19-11-9-18(10-12-19)17(2)3/h6-12,14-15,17H,4-5,13,16H2,1-3H3,(H,29,32)(H,30,31,33). The van der Waals surface area contributed by atoms with Gasteiger partial charge in [0.25, 0.3) is 5.56 Å². The van der Waals surface area contributed by atoms with Crippen molar-refractivity contribution in [1.29, 1.82) is 0 Å². The van der Waals surface area contributed by atoms with Crippen molar-refractivity contribution in [3.63, 3.8) is 0 Å². The zero-order chi connectivity index (χ0) is 26.4. The normalized spacial score (nSPS) is 11.1. The van der Waals surface area contributed by atoms with E-state index in [0.717, 1.165) is 35.7 Å². The fourth-order valence-corrected chi connectivity index (χ4v) is 5.37. The second-order valence-corrected chi connectivity index (χ2v) is 10.7. The number of esters is 1. The van der Waals surface area contributed by atoms with E-state index in [1.165, 1.54) is 16.9 Å². The molecule has 192 valence electrons. The number of carbonyl (C=O) groups excluding carboxylic acids is 2. The number of amides is 1. The Morgan fingerprint density at radius 1 is 1.16 bits per heavy atom. The van der Waals surface area contributed by atoms with Crippen LogP contribution in [-0.4, -0.2) is 34.2 Å². The molecule has 0 fully saturated rings. The van der Waals surface area contributed by atoms with Crippen molar-refractivity contribution in [3.05, 3.63) is 75.4 Å². The highest BCUT2D eigenvalue weighted by Gasteiger charge is 2.15. The molecule has 2 aromatic heterocycles. The minimum Gasteiger partial charge on any atom is -0.462 e. The second-order valence-electron chi connectivity index (χ2n) is 8.88. The molecule has 0 spiro atoms. The maximum absolute atomic E-state index is 12.9. The molecule has 0 saturated carbocycles. The molecule has 0 aliphatic rings. The topological polar surface area (TPSA) is 101 Å². The number of nitrogens with zero attached hydrogens (tertiary/aromatic N) is 1. The first-order valence-electron chi connectivity index (χ1n) is 12.2. The number of nitrogens with one attached hydrogen (secondary N) is 2. The van der Waals surface area contributed by atoms with E-state index in [1.807, 2.05) is 24.4 Å². The maximum atomic E-state index is 12.9. The van der Waals surface area contributed by atoms with Crippen LogP contribution in [0.4, 0.5) is 5.69 Å². The molecule has 7 nitrogen and oxygen atoms in total. The third-order valence-electron chi connectivity index (χ3n) is 5.76. The predicted molar refractivity (Wildman–Crippen MR) is 151 cm³/mol. The summed E-state index contributed by atoms with van der Waals surface area (Å²) in [6.45, 7) is 6.68. The molecule has 37 heavy (non-hydrogen) atoms. The molecule has 0 saturated heterocycles. The van der Waals surface area contributed by atoms with Gasteiger partial charge in [0.1, 0.15) is 4.83 Å². The number of thioether (sulfide) groups is 1. The molecule has 4 aromatic rings. The fourth-order valence-electron chi connectivity index (χ4n) is 3.71. The van der Waals surface area contributed by atoms with Crippen LogP contribution in [0, 0.1) is 0 Å². The van der Waals surface area contributed by atoms with E-state index in [4.69, 9.17) is 4.74 Å². The highest BCUT2D eigenvalue weighted by molar-refractivity contribution is 7.99. The van der Waals surface area contributed by atoms with Gasteiger partial charge in [-0.05, 0) is 41.7 Å². The van der Waals surface area contributed by atoms with Gasteiger partial charge < -0.3 is 15.0 Å². The first-order chi connectivity index (χ1) is 17.9. The molecule has 0 atom stereocenters. The van der Waals surface area contributed by atoms with E-state index in [-0.39, 0.29) is 17.2 Å². The van der Waals surface area contributed by atoms with Gasteiger partial charge in [0.15, 0.2) is 5.16 Å². The van der Waals surface area contributed by atoms with Crippen molar-refractivity contribution < 1.29 is 14.3 Å². The number of anilines is 1. The van der Waals surface area contributed by atoms with Crippen LogP contribution in [0.3, 0.4) is 0 Å². The Morgan fingerprint density at radius 2 is 1.95 bits per heavy atom. The first-order valence-corrected chi connectivity index (χ1v) is 14.0. The summed E-state index contributed by atoms with van der Waals surface area (Å²) in [6.07, 6.45) is 1.74. The van der Waals surface area contributed by atoms with Crippen LogP contribution in [0.2, 0.25) is 0 Å². The quantitative estimate of drug-likeness (QED) is 0.105. The number of hydrogen-bond acceptors (Lipinski definition) is 7. The van der Waals surface area contributed by atoms with Crippen molar-refractivity contribution in [2.24, 2.45) is 0 Å². The largest absolute Gasteiger partial charge is 0.462 e. The summed E-state index contributed by atoms with van der Waals surface area (Å²) in [5.74, 6) is -0.207. The van der Waals surface area contributed by atoms with Crippen molar-refractivity contribution in [3.8, 4) is 11.1 Å². The number of thiophene rings is 1. The van der Waals surface area contributed by atoms with Crippen LogP contribution >= 0.6 is 23.1 Å². The van der Waals surface area contributed by atoms with Crippen LogP contribution in [0.1, 0.15) is 55.5 Å². The van der Waals surface area contributed by atoms with Crippen LogP contribution < -0.4 is 10.9 Å². The third-order valence-corrected chi connectivity index (χ3v) is 7.51. The van der Waals surface area contributed by atoms with Gasteiger partial charge in [0.05, 0.1) is 23.3 Å². The highest BCUT2D eigenvalue weighted by Crippen LogP contribution is 2.32.